The highest BCUT2D eigenvalue weighted by atomic mass is 16.3. The molecule has 0 aliphatic heterocycles. The number of fused-ring (bicyclic) bond motifs is 2. The second-order valence-corrected chi connectivity index (χ2v) is 9.34. The third kappa shape index (κ3) is 5.53. The van der Waals surface area contributed by atoms with Gasteiger partial charge in [0.05, 0.1) is 11.1 Å². The maximum absolute atomic E-state index is 13.0. The number of rotatable bonds is 10. The molecule has 0 heterocycles. The number of nitrogens with one attached hydrogen (secondary N) is 2. The lowest BCUT2D eigenvalue weighted by Gasteiger charge is -2.17. The summed E-state index contributed by atoms with van der Waals surface area (Å²) in [6.45, 7) is 5.15. The molecule has 4 aromatic carbocycles. The molecule has 0 aliphatic rings. The summed E-state index contributed by atoms with van der Waals surface area (Å²) in [6, 6.07) is 18.5. The smallest absolute Gasteiger partial charge is 0.255 e. The van der Waals surface area contributed by atoms with Crippen molar-refractivity contribution in [3.05, 3.63) is 82.9 Å². The molecule has 4 rings (SSSR count). The van der Waals surface area contributed by atoms with Gasteiger partial charge in [-0.3, -0.25) is 9.59 Å². The molecule has 192 valence electrons. The highest BCUT2D eigenvalue weighted by molar-refractivity contribution is 6.05. The van der Waals surface area contributed by atoms with Gasteiger partial charge in [0.2, 0.25) is 0 Å². The zero-order valence-corrected chi connectivity index (χ0v) is 21.4. The van der Waals surface area contributed by atoms with Crippen molar-refractivity contribution in [3.8, 4) is 11.5 Å². The standard InChI is InChI=1S/C31H34N2O4/c1-3-5-15-32-30(36)26-17-20-11-7-9-13-22(20)24(28(26)34)19-25-23-14-10-8-12-21(23)18-27(29(25)35)31(37)33-16-6-4-2/h7-14,17-18,34-35H,3-6,15-16,19H2,1-2H3,(H,32,36)(H,33,37). The van der Waals surface area contributed by atoms with Crippen molar-refractivity contribution in [1.82, 2.24) is 10.6 Å². The maximum Gasteiger partial charge on any atom is 0.255 e. The molecule has 0 unspecified atom stereocenters. The number of hydrogen-bond acceptors (Lipinski definition) is 4. The number of carbonyl (C=O) groups excluding carboxylic acids is 2. The molecule has 0 saturated carbocycles. The minimum Gasteiger partial charge on any atom is -0.507 e. The molecule has 4 aromatic rings. The minimum absolute atomic E-state index is 0.117. The van der Waals surface area contributed by atoms with E-state index in [1.807, 2.05) is 62.4 Å². The first-order valence-corrected chi connectivity index (χ1v) is 13.0. The SMILES string of the molecule is CCCCNC(=O)c1cc2ccccc2c(Cc2c(O)c(C(=O)NCCCC)cc3ccccc23)c1O. The van der Waals surface area contributed by atoms with Crippen LogP contribution in [0.4, 0.5) is 0 Å². The predicted molar refractivity (Wildman–Crippen MR) is 149 cm³/mol. The maximum atomic E-state index is 13.0. The van der Waals surface area contributed by atoms with Crippen LogP contribution in [0, 0.1) is 0 Å². The number of amides is 2. The number of carbonyl (C=O) groups is 2. The van der Waals surface area contributed by atoms with Crippen LogP contribution in [0.25, 0.3) is 21.5 Å². The Morgan fingerprint density at radius 3 is 1.49 bits per heavy atom. The fraction of sp³-hybridized carbons (Fsp3) is 0.290. The molecular weight excluding hydrogens is 464 g/mol. The molecule has 0 bridgehead atoms. The Balaban J connectivity index is 1.85. The average molecular weight is 499 g/mol. The van der Waals surface area contributed by atoms with Gasteiger partial charge in [-0.15, -0.1) is 0 Å². The van der Waals surface area contributed by atoms with E-state index in [9.17, 15) is 19.8 Å². The predicted octanol–water partition coefficient (Wildman–Crippen LogP) is 6.05. The summed E-state index contributed by atoms with van der Waals surface area (Å²) in [4.78, 5) is 25.9. The number of benzene rings is 4. The molecule has 0 fully saturated rings. The van der Waals surface area contributed by atoms with Crippen molar-refractivity contribution in [2.45, 2.75) is 46.0 Å². The summed E-state index contributed by atoms with van der Waals surface area (Å²) < 4.78 is 0. The van der Waals surface area contributed by atoms with Crippen LogP contribution in [0.15, 0.2) is 60.7 Å². The number of aromatic hydroxyl groups is 2. The van der Waals surface area contributed by atoms with Crippen LogP contribution in [-0.4, -0.2) is 35.1 Å². The van der Waals surface area contributed by atoms with E-state index in [0.717, 1.165) is 47.2 Å². The zero-order chi connectivity index (χ0) is 26.4. The molecule has 0 saturated heterocycles. The van der Waals surface area contributed by atoms with E-state index in [1.165, 1.54) is 0 Å². The number of hydrogen-bond donors (Lipinski definition) is 4. The summed E-state index contributed by atoms with van der Waals surface area (Å²) in [5.41, 5.74) is 1.45. The molecule has 0 aromatic heterocycles. The lowest BCUT2D eigenvalue weighted by molar-refractivity contribution is 0.0942. The van der Waals surface area contributed by atoms with Crippen LogP contribution in [-0.2, 0) is 6.42 Å². The van der Waals surface area contributed by atoms with E-state index in [2.05, 4.69) is 10.6 Å². The van der Waals surface area contributed by atoms with Gasteiger partial charge in [-0.2, -0.15) is 0 Å². The first kappa shape index (κ1) is 26.0. The highest BCUT2D eigenvalue weighted by Gasteiger charge is 2.23. The molecule has 37 heavy (non-hydrogen) atoms. The zero-order valence-electron chi connectivity index (χ0n) is 21.4. The van der Waals surface area contributed by atoms with Gasteiger partial charge in [0.1, 0.15) is 11.5 Å². The van der Waals surface area contributed by atoms with Crippen molar-refractivity contribution in [1.29, 1.82) is 0 Å². The Hall–Kier alpha value is -4.06. The average Bonchev–Trinajstić information content (AvgIpc) is 2.91. The minimum atomic E-state index is -0.337. The summed E-state index contributed by atoms with van der Waals surface area (Å²) in [6.07, 6.45) is 3.73. The molecular formula is C31H34N2O4. The Kier molecular flexibility index (Phi) is 8.29. The van der Waals surface area contributed by atoms with Gasteiger partial charge >= 0.3 is 0 Å². The number of phenols is 2. The molecule has 0 radical (unpaired) electrons. The number of phenolic OH excluding ortho intramolecular Hbond substituents is 2. The topological polar surface area (TPSA) is 98.7 Å². The fourth-order valence-corrected chi connectivity index (χ4v) is 4.65. The number of unbranched alkanes of at least 4 members (excludes halogenated alkanes) is 2. The van der Waals surface area contributed by atoms with Crippen molar-refractivity contribution >= 4 is 33.4 Å². The first-order valence-electron chi connectivity index (χ1n) is 13.0. The summed E-state index contributed by atoms with van der Waals surface area (Å²) >= 11 is 0. The largest absolute Gasteiger partial charge is 0.507 e. The van der Waals surface area contributed by atoms with E-state index in [1.54, 1.807) is 12.1 Å². The summed E-state index contributed by atoms with van der Waals surface area (Å²) in [5, 5.41) is 31.6. The van der Waals surface area contributed by atoms with E-state index in [-0.39, 0.29) is 40.9 Å². The van der Waals surface area contributed by atoms with E-state index in [0.29, 0.717) is 24.2 Å². The lowest BCUT2D eigenvalue weighted by atomic mass is 9.90. The van der Waals surface area contributed by atoms with Crippen LogP contribution in [0.3, 0.4) is 0 Å². The van der Waals surface area contributed by atoms with E-state index < -0.39 is 0 Å². The third-order valence-corrected chi connectivity index (χ3v) is 6.73. The van der Waals surface area contributed by atoms with Crippen LogP contribution in [0.5, 0.6) is 11.5 Å². The quantitative estimate of drug-likeness (QED) is 0.200. The van der Waals surface area contributed by atoms with Gasteiger partial charge in [0.25, 0.3) is 11.8 Å². The third-order valence-electron chi connectivity index (χ3n) is 6.73. The Morgan fingerprint density at radius 2 is 1.08 bits per heavy atom. The Morgan fingerprint density at radius 1 is 0.676 bits per heavy atom. The van der Waals surface area contributed by atoms with Gasteiger partial charge < -0.3 is 20.8 Å². The van der Waals surface area contributed by atoms with Crippen LogP contribution < -0.4 is 10.6 Å². The van der Waals surface area contributed by atoms with E-state index >= 15 is 0 Å². The molecule has 4 N–H and O–H groups in total. The molecule has 0 atom stereocenters. The highest BCUT2D eigenvalue weighted by Crippen LogP contribution is 2.38. The molecule has 2 amide bonds. The van der Waals surface area contributed by atoms with Gasteiger partial charge in [0, 0.05) is 30.6 Å². The van der Waals surface area contributed by atoms with Gasteiger partial charge in [-0.05, 0) is 46.5 Å². The molecule has 6 heteroatoms. The normalized spacial score (nSPS) is 11.1. The first-order chi connectivity index (χ1) is 18.0. The monoisotopic (exact) mass is 498 g/mol. The summed E-state index contributed by atoms with van der Waals surface area (Å²) in [7, 11) is 0. The van der Waals surface area contributed by atoms with Gasteiger partial charge in [-0.25, -0.2) is 0 Å². The van der Waals surface area contributed by atoms with Crippen molar-refractivity contribution in [2.75, 3.05) is 13.1 Å². The van der Waals surface area contributed by atoms with E-state index in [4.69, 9.17) is 0 Å². The van der Waals surface area contributed by atoms with Gasteiger partial charge in [-0.1, -0.05) is 75.2 Å². The second-order valence-electron chi connectivity index (χ2n) is 9.34. The summed E-state index contributed by atoms with van der Waals surface area (Å²) in [5.74, 6) is -0.907. The molecule has 0 aliphatic carbocycles. The van der Waals surface area contributed by atoms with Crippen molar-refractivity contribution in [3.63, 3.8) is 0 Å². The molecule has 6 nitrogen and oxygen atoms in total. The second kappa shape index (κ2) is 11.8. The lowest BCUT2D eigenvalue weighted by Crippen LogP contribution is -2.25. The molecule has 0 spiro atoms. The van der Waals surface area contributed by atoms with Crippen molar-refractivity contribution < 1.29 is 19.8 Å². The Bertz CT molecular complexity index is 1340. The van der Waals surface area contributed by atoms with Crippen LogP contribution in [0.2, 0.25) is 0 Å². The van der Waals surface area contributed by atoms with Crippen LogP contribution >= 0.6 is 0 Å². The van der Waals surface area contributed by atoms with Crippen molar-refractivity contribution in [2.24, 2.45) is 0 Å². The van der Waals surface area contributed by atoms with Gasteiger partial charge in [0.15, 0.2) is 0 Å². The Labute approximate surface area is 217 Å². The van der Waals surface area contributed by atoms with Crippen LogP contribution in [0.1, 0.15) is 71.4 Å². The fourth-order valence-electron chi connectivity index (χ4n) is 4.65.